The van der Waals surface area contributed by atoms with Crippen molar-refractivity contribution in [1.82, 2.24) is 0 Å². The van der Waals surface area contributed by atoms with Crippen molar-refractivity contribution >= 4 is 11.6 Å². The van der Waals surface area contributed by atoms with Gasteiger partial charge in [0.1, 0.15) is 0 Å². The van der Waals surface area contributed by atoms with E-state index in [1.807, 2.05) is 0 Å². The van der Waals surface area contributed by atoms with Gasteiger partial charge in [-0.2, -0.15) is 0 Å². The molecule has 9 heavy (non-hydrogen) atoms. The third-order valence-electron chi connectivity index (χ3n) is 1.71. The van der Waals surface area contributed by atoms with Crippen LogP contribution >= 0.6 is 11.6 Å². The molecule has 0 aromatic rings. The lowest BCUT2D eigenvalue weighted by molar-refractivity contribution is 0.0148. The van der Waals surface area contributed by atoms with E-state index >= 15 is 0 Å². The Morgan fingerprint density at radius 3 is 2.89 bits per heavy atom. The van der Waals surface area contributed by atoms with Gasteiger partial charge in [-0.3, -0.25) is 0 Å². The summed E-state index contributed by atoms with van der Waals surface area (Å²) in [5, 5.41) is 0. The number of rotatable bonds is 2. The smallest absolute Gasteiger partial charge is 0.0586 e. The molecule has 0 radical (unpaired) electrons. The molecule has 1 aliphatic heterocycles. The van der Waals surface area contributed by atoms with Gasteiger partial charge >= 0.3 is 0 Å². The Morgan fingerprint density at radius 1 is 1.44 bits per heavy atom. The van der Waals surface area contributed by atoms with Crippen molar-refractivity contribution in [2.75, 3.05) is 12.5 Å². The predicted octanol–water partition coefficient (Wildman–Crippen LogP) is 2.18. The van der Waals surface area contributed by atoms with Crippen molar-refractivity contribution < 1.29 is 4.74 Å². The summed E-state index contributed by atoms with van der Waals surface area (Å²) in [6, 6.07) is 0. The minimum absolute atomic E-state index is 0.469. The highest BCUT2D eigenvalue weighted by Crippen LogP contribution is 2.15. The lowest BCUT2D eigenvalue weighted by Crippen LogP contribution is -2.19. The zero-order valence-corrected chi connectivity index (χ0v) is 6.36. The number of halogens is 1. The van der Waals surface area contributed by atoms with Crippen molar-refractivity contribution in [3.63, 3.8) is 0 Å². The molecule has 1 atom stereocenters. The fraction of sp³-hybridized carbons (Fsp3) is 1.00. The SMILES string of the molecule is ClCCC1CCCCO1. The molecule has 2 heteroatoms. The molecule has 1 saturated heterocycles. The molecule has 0 aromatic heterocycles. The van der Waals surface area contributed by atoms with Gasteiger partial charge in [-0.25, -0.2) is 0 Å². The van der Waals surface area contributed by atoms with Crippen LogP contribution in [-0.2, 0) is 4.74 Å². The molecule has 0 amide bonds. The highest BCUT2D eigenvalue weighted by atomic mass is 35.5. The number of ether oxygens (including phenoxy) is 1. The van der Waals surface area contributed by atoms with Crippen LogP contribution < -0.4 is 0 Å². The Hall–Kier alpha value is 0.250. The van der Waals surface area contributed by atoms with E-state index < -0.39 is 0 Å². The van der Waals surface area contributed by atoms with E-state index in [1.165, 1.54) is 19.3 Å². The van der Waals surface area contributed by atoms with Gasteiger partial charge in [0.25, 0.3) is 0 Å². The number of hydrogen-bond donors (Lipinski definition) is 0. The molecule has 54 valence electrons. The van der Waals surface area contributed by atoms with Gasteiger partial charge in [-0.15, -0.1) is 11.6 Å². The average molecular weight is 149 g/mol. The van der Waals surface area contributed by atoms with Crippen LogP contribution in [0.25, 0.3) is 0 Å². The van der Waals surface area contributed by atoms with E-state index in [1.54, 1.807) is 0 Å². The predicted molar refractivity (Wildman–Crippen MR) is 38.9 cm³/mol. The van der Waals surface area contributed by atoms with Crippen molar-refractivity contribution in [1.29, 1.82) is 0 Å². The second kappa shape index (κ2) is 4.13. The van der Waals surface area contributed by atoms with Gasteiger partial charge in [0.05, 0.1) is 6.10 Å². The molecule has 0 saturated carbocycles. The van der Waals surface area contributed by atoms with E-state index in [2.05, 4.69) is 0 Å². The molecule has 1 aliphatic rings. The standard InChI is InChI=1S/C7H13ClO/c8-5-4-7-3-1-2-6-9-7/h7H,1-6H2. The summed E-state index contributed by atoms with van der Waals surface area (Å²) >= 11 is 5.55. The summed E-state index contributed by atoms with van der Waals surface area (Å²) in [6.07, 6.45) is 5.27. The van der Waals surface area contributed by atoms with Crippen LogP contribution in [0.5, 0.6) is 0 Å². The Bertz CT molecular complexity index is 66.6. The highest BCUT2D eigenvalue weighted by Gasteiger charge is 2.11. The summed E-state index contributed by atoms with van der Waals surface area (Å²) in [4.78, 5) is 0. The molecule has 1 rings (SSSR count). The number of hydrogen-bond acceptors (Lipinski definition) is 1. The first-order chi connectivity index (χ1) is 4.43. The van der Waals surface area contributed by atoms with Crippen LogP contribution in [-0.4, -0.2) is 18.6 Å². The quantitative estimate of drug-likeness (QED) is 0.546. The van der Waals surface area contributed by atoms with Gasteiger partial charge in [0.2, 0.25) is 0 Å². The maximum Gasteiger partial charge on any atom is 0.0586 e. The van der Waals surface area contributed by atoms with Gasteiger partial charge in [-0.05, 0) is 25.7 Å². The summed E-state index contributed by atoms with van der Waals surface area (Å²) in [6.45, 7) is 0.946. The Labute approximate surface area is 61.3 Å². The zero-order chi connectivity index (χ0) is 6.53. The van der Waals surface area contributed by atoms with Crippen LogP contribution in [0, 0.1) is 0 Å². The maximum atomic E-state index is 5.55. The fourth-order valence-electron chi connectivity index (χ4n) is 1.16. The van der Waals surface area contributed by atoms with Gasteiger partial charge in [0, 0.05) is 12.5 Å². The molecular formula is C7H13ClO. The molecule has 1 fully saturated rings. The van der Waals surface area contributed by atoms with Gasteiger partial charge < -0.3 is 4.74 Å². The van der Waals surface area contributed by atoms with Crippen LogP contribution in [0.15, 0.2) is 0 Å². The molecule has 0 aromatic carbocycles. The number of alkyl halides is 1. The monoisotopic (exact) mass is 148 g/mol. The third kappa shape index (κ3) is 2.55. The first-order valence-corrected chi connectivity index (χ1v) is 4.14. The Morgan fingerprint density at radius 2 is 2.33 bits per heavy atom. The normalized spacial score (nSPS) is 28.3. The summed E-state index contributed by atoms with van der Waals surface area (Å²) in [5.41, 5.74) is 0. The van der Waals surface area contributed by atoms with Crippen molar-refractivity contribution in [3.05, 3.63) is 0 Å². The summed E-state index contributed by atoms with van der Waals surface area (Å²) in [7, 11) is 0. The van der Waals surface area contributed by atoms with Crippen LogP contribution in [0.2, 0.25) is 0 Å². The molecule has 1 unspecified atom stereocenters. The molecule has 1 heterocycles. The summed E-state index contributed by atoms with van der Waals surface area (Å²) in [5.74, 6) is 0.741. The minimum Gasteiger partial charge on any atom is -0.378 e. The van der Waals surface area contributed by atoms with Crippen molar-refractivity contribution in [2.45, 2.75) is 31.8 Å². The Balaban J connectivity index is 2.08. The molecule has 1 nitrogen and oxygen atoms in total. The van der Waals surface area contributed by atoms with Crippen LogP contribution in [0.3, 0.4) is 0 Å². The first kappa shape index (κ1) is 7.36. The second-order valence-corrected chi connectivity index (χ2v) is 2.84. The van der Waals surface area contributed by atoms with Crippen LogP contribution in [0.4, 0.5) is 0 Å². The lowest BCUT2D eigenvalue weighted by atomic mass is 10.1. The fourth-order valence-corrected chi connectivity index (χ4v) is 1.40. The van der Waals surface area contributed by atoms with E-state index in [-0.39, 0.29) is 0 Å². The molecule has 0 aliphatic carbocycles. The van der Waals surface area contributed by atoms with Crippen molar-refractivity contribution in [3.8, 4) is 0 Å². The average Bonchev–Trinajstić information content (AvgIpc) is 1.91. The molecule has 0 bridgehead atoms. The lowest BCUT2D eigenvalue weighted by Gasteiger charge is -2.21. The molecule has 0 spiro atoms. The summed E-state index contributed by atoms with van der Waals surface area (Å²) < 4.78 is 5.43. The van der Waals surface area contributed by atoms with E-state index in [0.717, 1.165) is 18.9 Å². The van der Waals surface area contributed by atoms with Crippen molar-refractivity contribution in [2.24, 2.45) is 0 Å². The zero-order valence-electron chi connectivity index (χ0n) is 5.61. The highest BCUT2D eigenvalue weighted by molar-refractivity contribution is 6.17. The topological polar surface area (TPSA) is 9.23 Å². The largest absolute Gasteiger partial charge is 0.378 e. The van der Waals surface area contributed by atoms with E-state index in [4.69, 9.17) is 16.3 Å². The van der Waals surface area contributed by atoms with Gasteiger partial charge in [0.15, 0.2) is 0 Å². The second-order valence-electron chi connectivity index (χ2n) is 2.47. The van der Waals surface area contributed by atoms with E-state index in [0.29, 0.717) is 6.10 Å². The van der Waals surface area contributed by atoms with E-state index in [9.17, 15) is 0 Å². The van der Waals surface area contributed by atoms with Crippen LogP contribution in [0.1, 0.15) is 25.7 Å². The third-order valence-corrected chi connectivity index (χ3v) is 1.92. The minimum atomic E-state index is 0.469. The van der Waals surface area contributed by atoms with Gasteiger partial charge in [-0.1, -0.05) is 0 Å². The maximum absolute atomic E-state index is 5.55. The first-order valence-electron chi connectivity index (χ1n) is 3.61. The molecule has 0 N–H and O–H groups in total. The Kier molecular flexibility index (Phi) is 3.37. The molecular weight excluding hydrogens is 136 g/mol.